The normalized spacial score (nSPS) is 12.2. The Morgan fingerprint density at radius 2 is 2.09 bits per heavy atom. The smallest absolute Gasteiger partial charge is 0.266 e. The highest BCUT2D eigenvalue weighted by molar-refractivity contribution is 7.13. The summed E-state index contributed by atoms with van der Waals surface area (Å²) < 4.78 is 5.57. The molecule has 1 unspecified atom stereocenters. The van der Waals surface area contributed by atoms with E-state index in [0.717, 1.165) is 12.2 Å². The second-order valence-electron chi connectivity index (χ2n) is 5.09. The number of aromatic nitrogens is 1. The fraction of sp³-hybridized carbons (Fsp3) is 0.333. The Bertz CT molecular complexity index is 628. The molecule has 1 aromatic carbocycles. The molecule has 0 fully saturated rings. The minimum atomic E-state index is -0.623. The molecule has 0 aliphatic heterocycles. The van der Waals surface area contributed by atoms with Crippen LogP contribution in [-0.2, 0) is 11.3 Å². The van der Waals surface area contributed by atoms with Crippen molar-refractivity contribution in [1.29, 1.82) is 0 Å². The average Bonchev–Trinajstić information content (AvgIpc) is 2.87. The van der Waals surface area contributed by atoms with E-state index in [1.54, 1.807) is 31.2 Å². The second kappa shape index (κ2) is 7.58. The van der Waals surface area contributed by atoms with E-state index in [1.165, 1.54) is 11.3 Å². The third-order valence-electron chi connectivity index (χ3n) is 2.76. The van der Waals surface area contributed by atoms with Gasteiger partial charge in [-0.05, 0) is 45.3 Å². The number of hydrogen-bond acceptors (Lipinski definition) is 5. The zero-order chi connectivity index (χ0) is 16.1. The molecule has 0 spiro atoms. The molecular weight excluding hydrogens is 322 g/mol. The van der Waals surface area contributed by atoms with Gasteiger partial charge in [-0.1, -0.05) is 11.6 Å². The van der Waals surface area contributed by atoms with Gasteiger partial charge in [-0.15, -0.1) is 11.3 Å². The quantitative estimate of drug-likeness (QED) is 0.877. The van der Waals surface area contributed by atoms with E-state index in [1.807, 2.05) is 24.4 Å². The van der Waals surface area contributed by atoms with Crippen molar-refractivity contribution in [3.8, 4) is 5.75 Å². The van der Waals surface area contributed by atoms with Gasteiger partial charge >= 0.3 is 0 Å². The van der Waals surface area contributed by atoms with Gasteiger partial charge in [0.2, 0.25) is 0 Å². The summed E-state index contributed by atoms with van der Waals surface area (Å²) in [7, 11) is 3.94. The molecule has 1 N–H and O–H groups in total. The Balaban J connectivity index is 1.90. The summed E-state index contributed by atoms with van der Waals surface area (Å²) in [5.74, 6) is 0.361. The molecule has 1 atom stereocenters. The first kappa shape index (κ1) is 16.7. The van der Waals surface area contributed by atoms with E-state index in [2.05, 4.69) is 10.3 Å². The molecule has 1 heterocycles. The Labute approximate surface area is 138 Å². The number of nitrogens with zero attached hydrogens (tertiary/aromatic N) is 2. The summed E-state index contributed by atoms with van der Waals surface area (Å²) >= 11 is 7.21. The lowest BCUT2D eigenvalue weighted by Gasteiger charge is -2.13. The highest BCUT2D eigenvalue weighted by atomic mass is 35.5. The lowest BCUT2D eigenvalue weighted by molar-refractivity contribution is -0.122. The number of nitrogens with one attached hydrogen (secondary N) is 1. The molecule has 22 heavy (non-hydrogen) atoms. The van der Waals surface area contributed by atoms with Gasteiger partial charge in [0.25, 0.3) is 5.91 Å². The highest BCUT2D eigenvalue weighted by Gasteiger charge is 2.16. The molecule has 1 amide bonds. The number of anilines is 1. The lowest BCUT2D eigenvalue weighted by atomic mass is 10.3. The van der Waals surface area contributed by atoms with Crippen molar-refractivity contribution >= 4 is 34.0 Å². The van der Waals surface area contributed by atoms with Crippen molar-refractivity contribution in [2.24, 2.45) is 0 Å². The number of carbonyl (C=O) groups excluding carboxylic acids is 1. The summed E-state index contributed by atoms with van der Waals surface area (Å²) in [5, 5.41) is 5.90. The van der Waals surface area contributed by atoms with Crippen LogP contribution in [0.1, 0.15) is 12.6 Å². The van der Waals surface area contributed by atoms with Crippen LogP contribution in [0.15, 0.2) is 29.6 Å². The third kappa shape index (κ3) is 4.98. The second-order valence-corrected chi connectivity index (χ2v) is 6.38. The van der Waals surface area contributed by atoms with Crippen LogP contribution in [-0.4, -0.2) is 36.0 Å². The van der Waals surface area contributed by atoms with Crippen molar-refractivity contribution in [3.63, 3.8) is 0 Å². The summed E-state index contributed by atoms with van der Waals surface area (Å²) in [6, 6.07) is 6.89. The van der Waals surface area contributed by atoms with Crippen molar-refractivity contribution < 1.29 is 9.53 Å². The molecule has 7 heteroatoms. The van der Waals surface area contributed by atoms with Crippen LogP contribution >= 0.6 is 22.9 Å². The van der Waals surface area contributed by atoms with E-state index in [-0.39, 0.29) is 5.91 Å². The van der Waals surface area contributed by atoms with Gasteiger partial charge in [-0.3, -0.25) is 10.1 Å². The number of halogens is 1. The number of benzene rings is 1. The van der Waals surface area contributed by atoms with Gasteiger partial charge in [0.15, 0.2) is 11.2 Å². The van der Waals surface area contributed by atoms with E-state index in [9.17, 15) is 4.79 Å². The van der Waals surface area contributed by atoms with Crippen LogP contribution in [0.2, 0.25) is 5.02 Å². The first-order chi connectivity index (χ1) is 10.4. The van der Waals surface area contributed by atoms with Crippen molar-refractivity contribution in [2.45, 2.75) is 19.6 Å². The molecule has 0 bridgehead atoms. The van der Waals surface area contributed by atoms with Crippen molar-refractivity contribution in [1.82, 2.24) is 9.88 Å². The Hall–Kier alpha value is -1.63. The fourth-order valence-electron chi connectivity index (χ4n) is 1.74. The average molecular weight is 340 g/mol. The van der Waals surface area contributed by atoms with Gasteiger partial charge < -0.3 is 9.64 Å². The van der Waals surface area contributed by atoms with Crippen molar-refractivity contribution in [2.75, 3.05) is 19.4 Å². The zero-order valence-electron chi connectivity index (χ0n) is 12.7. The molecule has 0 aliphatic carbocycles. The Morgan fingerprint density at radius 1 is 1.41 bits per heavy atom. The molecule has 5 nitrogen and oxygen atoms in total. The number of amides is 1. The van der Waals surface area contributed by atoms with Crippen LogP contribution in [0.3, 0.4) is 0 Å². The van der Waals surface area contributed by atoms with Crippen LogP contribution < -0.4 is 10.1 Å². The molecule has 118 valence electrons. The molecule has 0 radical (unpaired) electrons. The monoisotopic (exact) mass is 339 g/mol. The Morgan fingerprint density at radius 3 is 2.73 bits per heavy atom. The van der Waals surface area contributed by atoms with Gasteiger partial charge in [0, 0.05) is 16.9 Å². The van der Waals surface area contributed by atoms with Gasteiger partial charge in [-0.25, -0.2) is 4.98 Å². The fourth-order valence-corrected chi connectivity index (χ4v) is 2.57. The molecule has 0 saturated carbocycles. The van der Waals surface area contributed by atoms with Gasteiger partial charge in [0.1, 0.15) is 5.75 Å². The van der Waals surface area contributed by atoms with E-state index in [0.29, 0.717) is 15.9 Å². The predicted molar refractivity (Wildman–Crippen MR) is 89.7 cm³/mol. The highest BCUT2D eigenvalue weighted by Crippen LogP contribution is 2.19. The molecule has 0 saturated heterocycles. The Kier molecular flexibility index (Phi) is 5.76. The lowest BCUT2D eigenvalue weighted by Crippen LogP contribution is -2.30. The molecule has 2 rings (SSSR count). The maximum absolute atomic E-state index is 12.1. The maximum atomic E-state index is 12.1. The maximum Gasteiger partial charge on any atom is 0.266 e. The van der Waals surface area contributed by atoms with Gasteiger partial charge in [-0.2, -0.15) is 0 Å². The number of ether oxygens (including phenoxy) is 1. The number of carbonyl (C=O) groups is 1. The predicted octanol–water partition coefficient (Wildman–Crippen LogP) is 3.26. The third-order valence-corrected chi connectivity index (χ3v) is 3.81. The topological polar surface area (TPSA) is 54.5 Å². The molecule has 2 aromatic rings. The first-order valence-electron chi connectivity index (χ1n) is 6.76. The van der Waals surface area contributed by atoms with Gasteiger partial charge in [0.05, 0.1) is 5.69 Å². The van der Waals surface area contributed by atoms with Crippen LogP contribution in [0.25, 0.3) is 0 Å². The van der Waals surface area contributed by atoms with E-state index in [4.69, 9.17) is 16.3 Å². The largest absolute Gasteiger partial charge is 0.481 e. The van der Waals surface area contributed by atoms with E-state index >= 15 is 0 Å². The van der Waals surface area contributed by atoms with Crippen molar-refractivity contribution in [3.05, 3.63) is 40.4 Å². The summed E-state index contributed by atoms with van der Waals surface area (Å²) in [4.78, 5) is 18.5. The minimum absolute atomic E-state index is 0.235. The number of hydrogen-bond donors (Lipinski definition) is 1. The van der Waals surface area contributed by atoms with E-state index < -0.39 is 6.10 Å². The van der Waals surface area contributed by atoms with Crippen LogP contribution in [0.4, 0.5) is 5.13 Å². The standard InChI is InChI=1S/C15H18ClN3O2S/c1-10(21-13-6-4-11(16)5-7-13)14(20)18-15-17-12(9-22-15)8-19(2)3/h4-7,9-10H,8H2,1-3H3,(H,17,18,20). The summed E-state index contributed by atoms with van der Waals surface area (Å²) in [6.45, 7) is 2.43. The molecular formula is C15H18ClN3O2S. The minimum Gasteiger partial charge on any atom is -0.481 e. The number of rotatable bonds is 6. The van der Waals surface area contributed by atoms with Crippen LogP contribution in [0.5, 0.6) is 5.75 Å². The summed E-state index contributed by atoms with van der Waals surface area (Å²) in [5.41, 5.74) is 0.927. The first-order valence-corrected chi connectivity index (χ1v) is 8.02. The van der Waals surface area contributed by atoms with Crippen LogP contribution in [0, 0.1) is 0 Å². The molecule has 1 aromatic heterocycles. The zero-order valence-corrected chi connectivity index (χ0v) is 14.2. The number of thiazole rings is 1. The SMILES string of the molecule is CC(Oc1ccc(Cl)cc1)C(=O)Nc1nc(CN(C)C)cs1. The summed E-state index contributed by atoms with van der Waals surface area (Å²) in [6.07, 6.45) is -0.623. The molecule has 0 aliphatic rings.